The minimum absolute atomic E-state index is 0.0220. The molecule has 8 nitrogen and oxygen atoms in total. The Balaban J connectivity index is 1.56. The molecule has 3 aromatic rings. The number of benzene rings is 1. The van der Waals surface area contributed by atoms with E-state index in [9.17, 15) is 14.4 Å². The fourth-order valence-electron chi connectivity index (χ4n) is 3.03. The number of hydrogen-bond acceptors (Lipinski definition) is 6. The van der Waals surface area contributed by atoms with Crippen molar-refractivity contribution in [2.75, 3.05) is 11.9 Å². The molecule has 3 rings (SSSR count). The Morgan fingerprint density at radius 1 is 1.13 bits per heavy atom. The Morgan fingerprint density at radius 3 is 2.47 bits per heavy atom. The Hall–Kier alpha value is -3.20. The maximum Gasteiger partial charge on any atom is 0.308 e. The molecule has 2 heterocycles. The highest BCUT2D eigenvalue weighted by Gasteiger charge is 2.16. The topological polar surface area (TPSA) is 95.2 Å². The molecule has 0 unspecified atom stereocenters. The van der Waals surface area contributed by atoms with E-state index in [0.29, 0.717) is 11.4 Å². The highest BCUT2D eigenvalue weighted by molar-refractivity contribution is 7.07. The summed E-state index contributed by atoms with van der Waals surface area (Å²) in [5.74, 6) is -0.978. The number of thiazole rings is 1. The lowest BCUT2D eigenvalue weighted by atomic mass is 10.2. The number of nitrogens with zero attached hydrogens (tertiary/aromatic N) is 3. The van der Waals surface area contributed by atoms with Crippen LogP contribution in [0.5, 0.6) is 0 Å². The molecule has 0 bridgehead atoms. The van der Waals surface area contributed by atoms with Gasteiger partial charge in [0.2, 0.25) is 0 Å². The van der Waals surface area contributed by atoms with Gasteiger partial charge >= 0.3 is 10.8 Å². The van der Waals surface area contributed by atoms with Crippen LogP contribution in [0.1, 0.15) is 29.1 Å². The molecule has 0 aliphatic carbocycles. The second-order valence-electron chi connectivity index (χ2n) is 7.05. The summed E-state index contributed by atoms with van der Waals surface area (Å²) in [4.78, 5) is 35.8. The number of aryl methyl sites for hydroxylation is 3. The molecule has 0 atom stereocenters. The Bertz CT molecular complexity index is 1130. The summed E-state index contributed by atoms with van der Waals surface area (Å²) >= 11 is 1.09. The van der Waals surface area contributed by atoms with Crippen molar-refractivity contribution >= 4 is 28.9 Å². The average Bonchev–Trinajstić information content (AvgIpc) is 3.18. The summed E-state index contributed by atoms with van der Waals surface area (Å²) in [7, 11) is 0. The molecule has 158 valence electrons. The standard InChI is InChI=1S/C21H24N4O4S/c1-13-5-7-17(8-6-13)25-16(4)20(15(3)23-25)22-18(26)11-29-19(27)9-10-24-14(2)12-30-21(24)28/h5-8,12H,9-11H2,1-4H3,(H,22,26). The quantitative estimate of drug-likeness (QED) is 0.584. The number of carbonyl (C=O) groups excluding carboxylic acids is 2. The van der Waals surface area contributed by atoms with E-state index in [4.69, 9.17) is 4.74 Å². The predicted octanol–water partition coefficient (Wildman–Crippen LogP) is 2.90. The number of anilines is 1. The largest absolute Gasteiger partial charge is 0.456 e. The third kappa shape index (κ3) is 4.85. The zero-order valence-electron chi connectivity index (χ0n) is 17.4. The van der Waals surface area contributed by atoms with Crippen LogP contribution in [0.2, 0.25) is 0 Å². The van der Waals surface area contributed by atoms with Crippen molar-refractivity contribution in [3.63, 3.8) is 0 Å². The van der Waals surface area contributed by atoms with Crippen molar-refractivity contribution in [2.24, 2.45) is 0 Å². The van der Waals surface area contributed by atoms with E-state index in [1.807, 2.05) is 38.1 Å². The predicted molar refractivity (Wildman–Crippen MR) is 115 cm³/mol. The molecule has 30 heavy (non-hydrogen) atoms. The summed E-state index contributed by atoms with van der Waals surface area (Å²) in [5, 5.41) is 9.00. The van der Waals surface area contributed by atoms with Crippen LogP contribution < -0.4 is 10.2 Å². The van der Waals surface area contributed by atoms with Gasteiger partial charge in [0.1, 0.15) is 0 Å². The first-order chi connectivity index (χ1) is 14.3. The molecule has 1 aromatic carbocycles. The lowest BCUT2D eigenvalue weighted by Crippen LogP contribution is -2.23. The number of amides is 1. The van der Waals surface area contributed by atoms with Gasteiger partial charge in [-0.15, -0.1) is 0 Å². The number of ether oxygens (including phenoxy) is 1. The fraction of sp³-hybridized carbons (Fsp3) is 0.333. The summed E-state index contributed by atoms with van der Waals surface area (Å²) < 4.78 is 8.32. The van der Waals surface area contributed by atoms with Gasteiger partial charge in [0.25, 0.3) is 5.91 Å². The van der Waals surface area contributed by atoms with Crippen molar-refractivity contribution < 1.29 is 14.3 Å². The van der Waals surface area contributed by atoms with Crippen molar-refractivity contribution in [1.82, 2.24) is 14.3 Å². The van der Waals surface area contributed by atoms with Gasteiger partial charge in [-0.25, -0.2) is 4.68 Å². The van der Waals surface area contributed by atoms with Crippen molar-refractivity contribution in [2.45, 2.75) is 40.7 Å². The zero-order chi connectivity index (χ0) is 21.8. The van der Waals surface area contributed by atoms with Gasteiger partial charge in [0.05, 0.1) is 29.2 Å². The van der Waals surface area contributed by atoms with Crippen molar-refractivity contribution in [1.29, 1.82) is 0 Å². The van der Waals surface area contributed by atoms with E-state index in [1.165, 1.54) is 4.57 Å². The minimum atomic E-state index is -0.536. The molecule has 0 saturated heterocycles. The van der Waals surface area contributed by atoms with Crippen LogP contribution in [0.15, 0.2) is 34.4 Å². The molecule has 0 saturated carbocycles. The Labute approximate surface area is 178 Å². The van der Waals surface area contributed by atoms with Crippen LogP contribution in [0.3, 0.4) is 0 Å². The molecule has 0 radical (unpaired) electrons. The van der Waals surface area contributed by atoms with E-state index < -0.39 is 18.5 Å². The monoisotopic (exact) mass is 428 g/mol. The SMILES string of the molecule is Cc1ccc(-n2nc(C)c(NC(=O)COC(=O)CCn3c(C)csc3=O)c2C)cc1. The van der Waals surface area contributed by atoms with E-state index in [2.05, 4.69) is 10.4 Å². The maximum atomic E-state index is 12.3. The number of esters is 1. The molecular weight excluding hydrogens is 404 g/mol. The second kappa shape index (κ2) is 9.08. The summed E-state index contributed by atoms with van der Waals surface area (Å²) in [5.41, 5.74) is 4.88. The molecule has 2 aromatic heterocycles. The van der Waals surface area contributed by atoms with Gasteiger partial charge in [-0.3, -0.25) is 14.4 Å². The molecule has 0 spiro atoms. The van der Waals surface area contributed by atoms with Crippen LogP contribution in [0, 0.1) is 27.7 Å². The molecule has 0 aliphatic rings. The minimum Gasteiger partial charge on any atom is -0.456 e. The third-order valence-corrected chi connectivity index (χ3v) is 5.60. The van der Waals surface area contributed by atoms with E-state index in [0.717, 1.165) is 34.0 Å². The summed E-state index contributed by atoms with van der Waals surface area (Å²) in [6.07, 6.45) is 0.0220. The van der Waals surface area contributed by atoms with E-state index in [1.54, 1.807) is 23.9 Å². The van der Waals surface area contributed by atoms with Gasteiger partial charge < -0.3 is 14.6 Å². The number of carbonyl (C=O) groups is 2. The highest BCUT2D eigenvalue weighted by atomic mass is 32.1. The lowest BCUT2D eigenvalue weighted by Gasteiger charge is -2.08. The Morgan fingerprint density at radius 2 is 1.83 bits per heavy atom. The van der Waals surface area contributed by atoms with E-state index in [-0.39, 0.29) is 17.8 Å². The van der Waals surface area contributed by atoms with Crippen LogP contribution in [-0.4, -0.2) is 32.8 Å². The van der Waals surface area contributed by atoms with Crippen LogP contribution >= 0.6 is 11.3 Å². The molecule has 9 heteroatoms. The van der Waals surface area contributed by atoms with Gasteiger partial charge in [-0.2, -0.15) is 5.10 Å². The summed E-state index contributed by atoms with van der Waals surface area (Å²) in [6, 6.07) is 7.91. The zero-order valence-corrected chi connectivity index (χ0v) is 18.2. The maximum absolute atomic E-state index is 12.3. The molecule has 1 amide bonds. The van der Waals surface area contributed by atoms with Gasteiger partial charge in [0, 0.05) is 17.6 Å². The summed E-state index contributed by atoms with van der Waals surface area (Å²) in [6.45, 7) is 7.32. The lowest BCUT2D eigenvalue weighted by molar-refractivity contribution is -0.147. The average molecular weight is 429 g/mol. The second-order valence-corrected chi connectivity index (χ2v) is 7.87. The third-order valence-electron chi connectivity index (χ3n) is 4.71. The van der Waals surface area contributed by atoms with E-state index >= 15 is 0 Å². The normalized spacial score (nSPS) is 10.8. The van der Waals surface area contributed by atoms with Gasteiger partial charge in [-0.1, -0.05) is 29.0 Å². The van der Waals surface area contributed by atoms with Gasteiger partial charge in [0.15, 0.2) is 6.61 Å². The fourth-order valence-corrected chi connectivity index (χ4v) is 3.79. The smallest absolute Gasteiger partial charge is 0.308 e. The number of nitrogens with one attached hydrogen (secondary N) is 1. The van der Waals surface area contributed by atoms with Gasteiger partial charge in [-0.05, 0) is 39.8 Å². The van der Waals surface area contributed by atoms with Crippen LogP contribution in [0.25, 0.3) is 5.69 Å². The molecule has 0 aliphatic heterocycles. The number of rotatable bonds is 7. The van der Waals surface area contributed by atoms with Crippen LogP contribution in [0.4, 0.5) is 5.69 Å². The molecule has 1 N–H and O–H groups in total. The first kappa shape index (κ1) is 21.5. The highest BCUT2D eigenvalue weighted by Crippen LogP contribution is 2.23. The van der Waals surface area contributed by atoms with Crippen LogP contribution in [-0.2, 0) is 20.9 Å². The number of aromatic nitrogens is 3. The van der Waals surface area contributed by atoms with Crippen molar-refractivity contribution in [3.05, 3.63) is 62.0 Å². The number of hydrogen-bond donors (Lipinski definition) is 1. The molecular formula is C21H24N4O4S. The first-order valence-electron chi connectivity index (χ1n) is 9.50. The Kier molecular flexibility index (Phi) is 6.51. The molecule has 0 fully saturated rings. The van der Waals surface area contributed by atoms with Crippen molar-refractivity contribution in [3.8, 4) is 5.69 Å². The first-order valence-corrected chi connectivity index (χ1v) is 10.4.